The summed E-state index contributed by atoms with van der Waals surface area (Å²) >= 11 is 6.38. The van der Waals surface area contributed by atoms with Gasteiger partial charge in [-0.1, -0.05) is 29.8 Å². The molecule has 0 saturated carbocycles. The summed E-state index contributed by atoms with van der Waals surface area (Å²) in [4.78, 5) is 24.8. The summed E-state index contributed by atoms with van der Waals surface area (Å²) in [5.74, 6) is -0.748. The van der Waals surface area contributed by atoms with Gasteiger partial charge in [0.2, 0.25) is 5.91 Å². The molecule has 1 amide bonds. The van der Waals surface area contributed by atoms with Crippen LogP contribution in [0, 0.1) is 5.82 Å². The van der Waals surface area contributed by atoms with Crippen molar-refractivity contribution in [2.45, 2.75) is 51.6 Å². The van der Waals surface area contributed by atoms with E-state index in [-0.39, 0.29) is 48.3 Å². The number of para-hydroxylation sites is 1. The van der Waals surface area contributed by atoms with E-state index >= 15 is 0 Å². The van der Waals surface area contributed by atoms with Crippen LogP contribution in [-0.2, 0) is 40.1 Å². The molecule has 0 saturated heterocycles. The third kappa shape index (κ3) is 4.98. The summed E-state index contributed by atoms with van der Waals surface area (Å²) in [5, 5.41) is 13.9. The van der Waals surface area contributed by atoms with Crippen molar-refractivity contribution in [2.24, 2.45) is 0 Å². The molecule has 1 unspecified atom stereocenters. The van der Waals surface area contributed by atoms with E-state index in [1.807, 2.05) is 10.6 Å². The van der Waals surface area contributed by atoms with E-state index < -0.39 is 5.82 Å². The van der Waals surface area contributed by atoms with Crippen molar-refractivity contribution in [1.29, 1.82) is 0 Å². The number of amides is 1. The maximum absolute atomic E-state index is 14.2. The van der Waals surface area contributed by atoms with Crippen LogP contribution in [0.15, 0.2) is 36.4 Å². The number of nitrogens with zero attached hydrogens (tertiary/aromatic N) is 1. The number of aromatic nitrogens is 1. The van der Waals surface area contributed by atoms with Crippen molar-refractivity contribution in [3.05, 3.63) is 64.1 Å². The minimum absolute atomic E-state index is 0.00260. The first-order valence-electron chi connectivity index (χ1n) is 11.1. The standard InChI is InChI=1S/C25H26ClFN2O4/c1-2-33-24(32)14-29-21-9-8-17(13-18(21)19-11-16(27)12-20(26)25(19)29)28-23(31)10-7-15-5-3-4-6-22(15)30/h3-6,11-12,17,30H,2,7-10,13-14H2,1H3,(H,28,31). The van der Waals surface area contributed by atoms with Crippen molar-refractivity contribution in [2.75, 3.05) is 6.61 Å². The number of esters is 1. The summed E-state index contributed by atoms with van der Waals surface area (Å²) in [5.41, 5.74) is 3.16. The lowest BCUT2D eigenvalue weighted by atomic mass is 9.91. The molecule has 4 rings (SSSR count). The van der Waals surface area contributed by atoms with Crippen LogP contribution in [0.1, 0.15) is 36.6 Å². The van der Waals surface area contributed by atoms with Gasteiger partial charge in [-0.15, -0.1) is 0 Å². The average Bonchev–Trinajstić information content (AvgIpc) is 3.06. The molecule has 1 aliphatic carbocycles. The number of hydrogen-bond donors (Lipinski definition) is 2. The Labute approximate surface area is 196 Å². The normalized spacial score (nSPS) is 15.3. The second-order valence-corrected chi connectivity index (χ2v) is 8.64. The molecule has 0 spiro atoms. The van der Waals surface area contributed by atoms with Gasteiger partial charge in [0.15, 0.2) is 0 Å². The van der Waals surface area contributed by atoms with Gasteiger partial charge < -0.3 is 19.7 Å². The van der Waals surface area contributed by atoms with Gasteiger partial charge in [-0.25, -0.2) is 4.39 Å². The zero-order chi connectivity index (χ0) is 23.5. The summed E-state index contributed by atoms with van der Waals surface area (Å²) < 4.78 is 21.1. The summed E-state index contributed by atoms with van der Waals surface area (Å²) in [6, 6.07) is 9.54. The predicted octanol–water partition coefficient (Wildman–Crippen LogP) is 4.31. The van der Waals surface area contributed by atoms with Crippen molar-refractivity contribution < 1.29 is 23.8 Å². The van der Waals surface area contributed by atoms with Gasteiger partial charge in [0.25, 0.3) is 0 Å². The Morgan fingerprint density at radius 3 is 2.85 bits per heavy atom. The van der Waals surface area contributed by atoms with Gasteiger partial charge in [-0.05, 0) is 61.9 Å². The van der Waals surface area contributed by atoms with Gasteiger partial charge in [-0.2, -0.15) is 0 Å². The number of carbonyl (C=O) groups excluding carboxylic acids is 2. The van der Waals surface area contributed by atoms with E-state index in [1.54, 1.807) is 25.1 Å². The molecule has 2 N–H and O–H groups in total. The largest absolute Gasteiger partial charge is 0.508 e. The smallest absolute Gasteiger partial charge is 0.325 e. The fourth-order valence-corrected chi connectivity index (χ4v) is 4.91. The Morgan fingerprint density at radius 2 is 2.09 bits per heavy atom. The van der Waals surface area contributed by atoms with Crippen LogP contribution in [0.5, 0.6) is 5.75 Å². The molecule has 0 fully saturated rings. The molecule has 0 radical (unpaired) electrons. The second-order valence-electron chi connectivity index (χ2n) is 8.24. The van der Waals surface area contributed by atoms with Crippen molar-refractivity contribution in [3.8, 4) is 5.75 Å². The maximum atomic E-state index is 14.2. The topological polar surface area (TPSA) is 80.6 Å². The van der Waals surface area contributed by atoms with Crippen LogP contribution in [0.3, 0.4) is 0 Å². The molecule has 3 aromatic rings. The van der Waals surface area contributed by atoms with Crippen LogP contribution < -0.4 is 5.32 Å². The van der Waals surface area contributed by atoms with Gasteiger partial charge in [0.1, 0.15) is 18.1 Å². The van der Waals surface area contributed by atoms with Gasteiger partial charge >= 0.3 is 5.97 Å². The number of aromatic hydroxyl groups is 1. The first-order valence-corrected chi connectivity index (χ1v) is 11.5. The number of carbonyl (C=O) groups is 2. The first-order chi connectivity index (χ1) is 15.9. The molecule has 0 bridgehead atoms. The molecular formula is C25H26ClFN2O4. The molecule has 1 atom stereocenters. The fraction of sp³-hybridized carbons (Fsp3) is 0.360. The van der Waals surface area contributed by atoms with Gasteiger partial charge in [0.05, 0.1) is 17.1 Å². The van der Waals surface area contributed by atoms with Crippen LogP contribution in [-0.4, -0.2) is 34.2 Å². The molecule has 0 aliphatic heterocycles. The summed E-state index contributed by atoms with van der Waals surface area (Å²) in [7, 11) is 0. The van der Waals surface area contributed by atoms with E-state index in [0.29, 0.717) is 36.6 Å². The third-order valence-electron chi connectivity index (χ3n) is 6.05. The highest BCUT2D eigenvalue weighted by atomic mass is 35.5. The maximum Gasteiger partial charge on any atom is 0.325 e. The summed E-state index contributed by atoms with van der Waals surface area (Å²) in [6.07, 6.45) is 2.52. The Morgan fingerprint density at radius 1 is 1.30 bits per heavy atom. The van der Waals surface area contributed by atoms with Crippen molar-refractivity contribution in [1.82, 2.24) is 9.88 Å². The molecule has 1 aromatic heterocycles. The fourth-order valence-electron chi connectivity index (χ4n) is 4.60. The van der Waals surface area contributed by atoms with Crippen LogP contribution in [0.25, 0.3) is 10.9 Å². The highest BCUT2D eigenvalue weighted by molar-refractivity contribution is 6.35. The number of benzene rings is 2. The lowest BCUT2D eigenvalue weighted by Crippen LogP contribution is -2.39. The van der Waals surface area contributed by atoms with Gasteiger partial charge in [-0.3, -0.25) is 9.59 Å². The van der Waals surface area contributed by atoms with Crippen LogP contribution in [0.4, 0.5) is 4.39 Å². The highest BCUT2D eigenvalue weighted by Crippen LogP contribution is 2.36. The van der Waals surface area contributed by atoms with Gasteiger partial charge in [0, 0.05) is 23.5 Å². The van der Waals surface area contributed by atoms with Crippen LogP contribution in [0.2, 0.25) is 5.02 Å². The van der Waals surface area contributed by atoms with E-state index in [0.717, 1.165) is 16.8 Å². The molecule has 6 nitrogen and oxygen atoms in total. The van der Waals surface area contributed by atoms with Crippen molar-refractivity contribution >= 4 is 34.4 Å². The van der Waals surface area contributed by atoms with E-state index in [2.05, 4.69) is 5.32 Å². The second kappa shape index (κ2) is 9.83. The highest BCUT2D eigenvalue weighted by Gasteiger charge is 2.28. The monoisotopic (exact) mass is 472 g/mol. The summed E-state index contributed by atoms with van der Waals surface area (Å²) in [6.45, 7) is 2.02. The number of aryl methyl sites for hydroxylation is 1. The number of halogens is 2. The number of ether oxygens (including phenoxy) is 1. The number of rotatable bonds is 7. The molecule has 8 heteroatoms. The zero-order valence-corrected chi connectivity index (χ0v) is 19.1. The molecule has 2 aromatic carbocycles. The zero-order valence-electron chi connectivity index (χ0n) is 18.4. The molecular weight excluding hydrogens is 447 g/mol. The van der Waals surface area contributed by atoms with E-state index in [1.165, 1.54) is 12.1 Å². The van der Waals surface area contributed by atoms with Crippen molar-refractivity contribution in [3.63, 3.8) is 0 Å². The minimum Gasteiger partial charge on any atom is -0.508 e. The number of phenolic OH excluding ortho intramolecular Hbond substituents is 1. The lowest BCUT2D eigenvalue weighted by Gasteiger charge is -2.25. The number of fused-ring (bicyclic) bond motifs is 3. The molecule has 33 heavy (non-hydrogen) atoms. The average molecular weight is 473 g/mol. The first kappa shape index (κ1) is 23.1. The Balaban J connectivity index is 1.53. The predicted molar refractivity (Wildman–Crippen MR) is 124 cm³/mol. The lowest BCUT2D eigenvalue weighted by molar-refractivity contribution is -0.143. The van der Waals surface area contributed by atoms with E-state index in [9.17, 15) is 19.1 Å². The molecule has 1 aliphatic rings. The SMILES string of the molecule is CCOC(=O)Cn1c2c(c3cc(F)cc(Cl)c31)CC(NC(=O)CCc1ccccc1O)CC2. The van der Waals surface area contributed by atoms with E-state index in [4.69, 9.17) is 16.3 Å². The van der Waals surface area contributed by atoms with Crippen LogP contribution >= 0.6 is 11.6 Å². The minimum atomic E-state index is -0.447. The Kier molecular flexibility index (Phi) is 6.88. The Bertz CT molecular complexity index is 1210. The third-order valence-corrected chi connectivity index (χ3v) is 6.34. The Hall–Kier alpha value is -3.06. The number of hydrogen-bond acceptors (Lipinski definition) is 4. The number of nitrogens with one attached hydrogen (secondary N) is 1. The quantitative estimate of drug-likeness (QED) is 0.502. The number of phenols is 1. The molecule has 1 heterocycles. The molecule has 174 valence electrons.